The van der Waals surface area contributed by atoms with Gasteiger partial charge in [-0.05, 0) is 40.9 Å². The van der Waals surface area contributed by atoms with E-state index in [9.17, 15) is 12.8 Å². The van der Waals surface area contributed by atoms with Crippen LogP contribution in [0.3, 0.4) is 0 Å². The van der Waals surface area contributed by atoms with Crippen LogP contribution in [0.1, 0.15) is 12.8 Å². The molecule has 1 atom stereocenters. The molecule has 1 aromatic carbocycles. The third-order valence-corrected chi connectivity index (χ3v) is 6.32. The fourth-order valence-electron chi connectivity index (χ4n) is 2.19. The summed E-state index contributed by atoms with van der Waals surface area (Å²) in [5, 5.41) is 0.156. The molecule has 0 spiro atoms. The maximum Gasteiger partial charge on any atom is 0.246 e. The minimum Gasteiger partial charge on any atom is -0.329 e. The van der Waals surface area contributed by atoms with Gasteiger partial charge in [-0.2, -0.15) is 4.31 Å². The van der Waals surface area contributed by atoms with Crippen molar-refractivity contribution in [3.8, 4) is 0 Å². The molecule has 2 rings (SSSR count). The molecule has 1 saturated heterocycles. The van der Waals surface area contributed by atoms with E-state index in [0.29, 0.717) is 17.4 Å². The van der Waals surface area contributed by atoms with E-state index in [0.717, 1.165) is 18.6 Å². The van der Waals surface area contributed by atoms with Gasteiger partial charge in [0, 0.05) is 23.6 Å². The van der Waals surface area contributed by atoms with Gasteiger partial charge in [-0.3, -0.25) is 0 Å². The van der Waals surface area contributed by atoms with Crippen molar-refractivity contribution < 1.29 is 12.8 Å². The van der Waals surface area contributed by atoms with E-state index >= 15 is 0 Å². The Morgan fingerprint density at radius 1 is 1.53 bits per heavy atom. The molecule has 4 nitrogen and oxygen atoms in total. The molecule has 1 aliphatic heterocycles. The van der Waals surface area contributed by atoms with Crippen LogP contribution >= 0.6 is 27.5 Å². The zero-order valence-corrected chi connectivity index (χ0v) is 13.1. The smallest absolute Gasteiger partial charge is 0.246 e. The predicted octanol–water partition coefficient (Wildman–Crippen LogP) is 2.35. The highest BCUT2D eigenvalue weighted by atomic mass is 79.9. The Labute approximate surface area is 124 Å². The summed E-state index contributed by atoms with van der Waals surface area (Å²) in [6.07, 6.45) is 1.43. The first-order valence-corrected chi connectivity index (χ1v) is 8.35. The second-order valence-corrected chi connectivity index (χ2v) is 7.46. The van der Waals surface area contributed by atoms with Crippen molar-refractivity contribution in [1.82, 2.24) is 4.31 Å². The largest absolute Gasteiger partial charge is 0.329 e. The molecular weight excluding hydrogens is 359 g/mol. The monoisotopic (exact) mass is 370 g/mol. The molecular formula is C11H13BrClFN2O2S. The molecule has 2 N–H and O–H groups in total. The summed E-state index contributed by atoms with van der Waals surface area (Å²) >= 11 is 8.90. The molecule has 1 aromatic rings. The highest BCUT2D eigenvalue weighted by Crippen LogP contribution is 2.32. The van der Waals surface area contributed by atoms with Crippen LogP contribution in [-0.4, -0.2) is 31.9 Å². The first-order chi connectivity index (χ1) is 8.87. The molecule has 19 heavy (non-hydrogen) atoms. The molecule has 106 valence electrons. The molecule has 1 heterocycles. The van der Waals surface area contributed by atoms with E-state index in [1.165, 1.54) is 4.31 Å². The highest BCUT2D eigenvalue weighted by molar-refractivity contribution is 9.10. The normalized spacial score (nSPS) is 20.9. The van der Waals surface area contributed by atoms with Gasteiger partial charge in [-0.25, -0.2) is 12.8 Å². The Morgan fingerprint density at radius 3 is 2.84 bits per heavy atom. The summed E-state index contributed by atoms with van der Waals surface area (Å²) in [5.41, 5.74) is 5.56. The lowest BCUT2D eigenvalue weighted by Crippen LogP contribution is -2.40. The second kappa shape index (κ2) is 5.65. The van der Waals surface area contributed by atoms with E-state index in [1.54, 1.807) is 0 Å². The fourth-order valence-corrected chi connectivity index (χ4v) is 4.51. The van der Waals surface area contributed by atoms with Crippen LogP contribution in [0.2, 0.25) is 5.02 Å². The van der Waals surface area contributed by atoms with Gasteiger partial charge >= 0.3 is 0 Å². The van der Waals surface area contributed by atoms with Crippen LogP contribution < -0.4 is 5.73 Å². The number of hydrogen-bond acceptors (Lipinski definition) is 3. The predicted molar refractivity (Wildman–Crippen MR) is 75.1 cm³/mol. The van der Waals surface area contributed by atoms with Crippen LogP contribution in [-0.2, 0) is 10.0 Å². The standard InChI is InChI=1S/C11H13BrClFN2O2S/c12-8-4-10(14)11(5-9(8)13)19(17,18)16-3-1-2-7(16)6-15/h4-5,7H,1-3,6,15H2. The molecule has 0 bridgehead atoms. The minimum atomic E-state index is -3.90. The lowest BCUT2D eigenvalue weighted by molar-refractivity contribution is 0.390. The van der Waals surface area contributed by atoms with E-state index in [2.05, 4.69) is 15.9 Å². The van der Waals surface area contributed by atoms with Crippen molar-refractivity contribution >= 4 is 37.6 Å². The molecule has 1 fully saturated rings. The number of benzene rings is 1. The Hall–Kier alpha value is -0.210. The number of sulfonamides is 1. The lowest BCUT2D eigenvalue weighted by Gasteiger charge is -2.23. The molecule has 0 saturated carbocycles. The Kier molecular flexibility index (Phi) is 4.52. The Bertz CT molecular complexity index is 597. The maximum atomic E-state index is 13.9. The molecule has 0 amide bonds. The van der Waals surface area contributed by atoms with Gasteiger partial charge in [0.1, 0.15) is 10.7 Å². The summed E-state index contributed by atoms with van der Waals surface area (Å²) < 4.78 is 40.4. The first kappa shape index (κ1) is 15.2. The summed E-state index contributed by atoms with van der Waals surface area (Å²) in [6.45, 7) is 0.586. The van der Waals surface area contributed by atoms with E-state index in [-0.39, 0.29) is 17.6 Å². The molecule has 0 aliphatic carbocycles. The average molecular weight is 372 g/mol. The van der Waals surface area contributed by atoms with Crippen LogP contribution in [0.5, 0.6) is 0 Å². The summed E-state index contributed by atoms with van der Waals surface area (Å²) in [5.74, 6) is -0.820. The first-order valence-electron chi connectivity index (χ1n) is 5.74. The van der Waals surface area contributed by atoms with Crippen LogP contribution in [0.25, 0.3) is 0 Å². The molecule has 0 radical (unpaired) electrons. The maximum absolute atomic E-state index is 13.9. The van der Waals surface area contributed by atoms with Crippen molar-refractivity contribution in [3.05, 3.63) is 27.4 Å². The van der Waals surface area contributed by atoms with Crippen LogP contribution in [0.4, 0.5) is 4.39 Å². The van der Waals surface area contributed by atoms with Gasteiger partial charge in [0.25, 0.3) is 0 Å². The molecule has 1 unspecified atom stereocenters. The zero-order chi connectivity index (χ0) is 14.2. The van der Waals surface area contributed by atoms with E-state index in [1.807, 2.05) is 0 Å². The van der Waals surface area contributed by atoms with Crippen molar-refractivity contribution in [2.75, 3.05) is 13.1 Å². The van der Waals surface area contributed by atoms with Crippen LogP contribution in [0.15, 0.2) is 21.5 Å². The van der Waals surface area contributed by atoms with Gasteiger partial charge in [0.05, 0.1) is 5.02 Å². The van der Waals surface area contributed by atoms with Gasteiger partial charge in [0.2, 0.25) is 10.0 Å². The Morgan fingerprint density at radius 2 is 2.21 bits per heavy atom. The van der Waals surface area contributed by atoms with E-state index < -0.39 is 20.7 Å². The third kappa shape index (κ3) is 2.80. The number of nitrogens with two attached hydrogens (primary N) is 1. The van der Waals surface area contributed by atoms with Crippen molar-refractivity contribution in [3.63, 3.8) is 0 Å². The second-order valence-electron chi connectivity index (χ2n) is 4.34. The van der Waals surface area contributed by atoms with Crippen molar-refractivity contribution in [2.45, 2.75) is 23.8 Å². The van der Waals surface area contributed by atoms with Gasteiger partial charge in [0.15, 0.2) is 0 Å². The molecule has 0 aromatic heterocycles. The lowest BCUT2D eigenvalue weighted by atomic mass is 10.2. The number of hydrogen-bond donors (Lipinski definition) is 1. The molecule has 8 heteroatoms. The third-order valence-electron chi connectivity index (χ3n) is 3.16. The van der Waals surface area contributed by atoms with Gasteiger partial charge < -0.3 is 5.73 Å². The quantitative estimate of drug-likeness (QED) is 0.830. The Balaban J connectivity index is 2.48. The van der Waals surface area contributed by atoms with Crippen molar-refractivity contribution in [2.24, 2.45) is 5.73 Å². The molecule has 1 aliphatic rings. The zero-order valence-electron chi connectivity index (χ0n) is 9.94. The SMILES string of the molecule is NCC1CCCN1S(=O)(=O)c1cc(Cl)c(Br)cc1F. The topological polar surface area (TPSA) is 63.4 Å². The van der Waals surface area contributed by atoms with Gasteiger partial charge in [-0.15, -0.1) is 0 Å². The number of nitrogens with zero attached hydrogens (tertiary/aromatic N) is 1. The highest BCUT2D eigenvalue weighted by Gasteiger charge is 2.36. The number of rotatable bonds is 3. The van der Waals surface area contributed by atoms with E-state index in [4.69, 9.17) is 17.3 Å². The van der Waals surface area contributed by atoms with Gasteiger partial charge in [-0.1, -0.05) is 11.6 Å². The summed E-state index contributed by atoms with van der Waals surface area (Å²) in [7, 11) is -3.90. The summed E-state index contributed by atoms with van der Waals surface area (Å²) in [4.78, 5) is -0.402. The summed E-state index contributed by atoms with van der Waals surface area (Å²) in [6, 6.07) is 1.91. The average Bonchev–Trinajstić information content (AvgIpc) is 2.82. The van der Waals surface area contributed by atoms with Crippen LogP contribution in [0, 0.1) is 5.82 Å². The van der Waals surface area contributed by atoms with Crippen molar-refractivity contribution in [1.29, 1.82) is 0 Å². The minimum absolute atomic E-state index is 0.156. The number of halogens is 3. The fraction of sp³-hybridized carbons (Fsp3) is 0.455.